The van der Waals surface area contributed by atoms with E-state index >= 15 is 0 Å². The van der Waals surface area contributed by atoms with Crippen LogP contribution in [0.2, 0.25) is 0 Å². The van der Waals surface area contributed by atoms with E-state index in [2.05, 4.69) is 20.9 Å². The highest BCUT2D eigenvalue weighted by molar-refractivity contribution is 7.15. The first-order chi connectivity index (χ1) is 13.0. The minimum atomic E-state index is -0.610. The van der Waals surface area contributed by atoms with E-state index in [-0.39, 0.29) is 17.9 Å². The molecule has 3 amide bonds. The first kappa shape index (κ1) is 19.2. The maximum absolute atomic E-state index is 13.7. The first-order valence-corrected chi connectivity index (χ1v) is 9.54. The van der Waals surface area contributed by atoms with Crippen LogP contribution in [0.1, 0.15) is 36.1 Å². The molecule has 1 aliphatic carbocycles. The topological polar surface area (TPSA) is 83.1 Å². The number of hydrogen-bond acceptors (Lipinski definition) is 4. The fourth-order valence-electron chi connectivity index (χ4n) is 2.44. The Kier molecular flexibility index (Phi) is 6.33. The molecule has 0 radical (unpaired) electrons. The summed E-state index contributed by atoms with van der Waals surface area (Å²) in [6.45, 7) is 0.364. The van der Waals surface area contributed by atoms with Crippen LogP contribution < -0.4 is 16.0 Å². The summed E-state index contributed by atoms with van der Waals surface area (Å²) in [4.78, 5) is 28.0. The summed E-state index contributed by atoms with van der Waals surface area (Å²) < 4.78 is 27.4. The summed E-state index contributed by atoms with van der Waals surface area (Å²) in [5.41, 5.74) is -0.0263. The van der Waals surface area contributed by atoms with Crippen molar-refractivity contribution in [3.8, 4) is 0 Å². The monoisotopic (exact) mass is 394 g/mol. The number of halogens is 2. The molecule has 9 heteroatoms. The molecular weight excluding hydrogens is 374 g/mol. The molecule has 3 N–H and O–H groups in total. The molecule has 1 saturated carbocycles. The zero-order valence-corrected chi connectivity index (χ0v) is 15.4. The fourth-order valence-corrected chi connectivity index (χ4v) is 3.26. The van der Waals surface area contributed by atoms with Crippen LogP contribution in [0.25, 0.3) is 0 Å². The maximum atomic E-state index is 13.7. The van der Waals surface area contributed by atoms with Gasteiger partial charge in [-0.1, -0.05) is 6.07 Å². The lowest BCUT2D eigenvalue weighted by Crippen LogP contribution is -2.31. The van der Waals surface area contributed by atoms with E-state index in [1.165, 1.54) is 24.4 Å². The lowest BCUT2D eigenvalue weighted by Gasteiger charge is -2.06. The average Bonchev–Trinajstić information content (AvgIpc) is 3.32. The lowest BCUT2D eigenvalue weighted by molar-refractivity contribution is -0.121. The van der Waals surface area contributed by atoms with E-state index in [4.69, 9.17) is 0 Å². The standard InChI is InChI=1S/C18H20F2N4O2S/c19-14-3-1-4-15(20)13(14)9-12-10-22-18(27-12)24-17(26)21-8-2-5-16(25)23-11-6-7-11/h1,3-4,10-11H,2,5-9H2,(H,23,25)(H2,21,22,24,26). The summed E-state index contributed by atoms with van der Waals surface area (Å²) in [5, 5.41) is 8.45. The highest BCUT2D eigenvalue weighted by Gasteiger charge is 2.22. The normalized spacial score (nSPS) is 13.3. The third-order valence-electron chi connectivity index (χ3n) is 4.00. The number of hydrogen-bond donors (Lipinski definition) is 3. The number of carbonyl (C=O) groups excluding carboxylic acids is 2. The Labute approximate surface area is 159 Å². The molecule has 1 aromatic carbocycles. The quantitative estimate of drug-likeness (QED) is 0.602. The van der Waals surface area contributed by atoms with Gasteiger partial charge in [-0.3, -0.25) is 10.1 Å². The number of aromatic nitrogens is 1. The predicted molar refractivity (Wildman–Crippen MR) is 98.7 cm³/mol. The van der Waals surface area contributed by atoms with Gasteiger partial charge in [0.05, 0.1) is 0 Å². The molecule has 0 atom stereocenters. The molecule has 0 spiro atoms. The molecule has 1 heterocycles. The summed E-state index contributed by atoms with van der Waals surface area (Å²) in [6.07, 6.45) is 4.55. The van der Waals surface area contributed by atoms with Crippen molar-refractivity contribution in [3.05, 3.63) is 46.5 Å². The van der Waals surface area contributed by atoms with Crippen LogP contribution in [-0.4, -0.2) is 29.5 Å². The molecule has 1 aliphatic rings. The minimum Gasteiger partial charge on any atom is -0.353 e. The maximum Gasteiger partial charge on any atom is 0.321 e. The van der Waals surface area contributed by atoms with E-state index in [0.717, 1.165) is 24.2 Å². The first-order valence-electron chi connectivity index (χ1n) is 8.73. The van der Waals surface area contributed by atoms with E-state index in [1.807, 2.05) is 0 Å². The second kappa shape index (κ2) is 8.90. The highest BCUT2D eigenvalue weighted by atomic mass is 32.1. The number of benzene rings is 1. The minimum absolute atomic E-state index is 0.00431. The molecule has 0 bridgehead atoms. The number of thiazole rings is 1. The van der Waals surface area contributed by atoms with E-state index in [9.17, 15) is 18.4 Å². The molecule has 1 fully saturated rings. The van der Waals surface area contributed by atoms with Crippen molar-refractivity contribution in [1.29, 1.82) is 0 Å². The van der Waals surface area contributed by atoms with E-state index in [1.54, 1.807) is 0 Å². The van der Waals surface area contributed by atoms with Crippen LogP contribution in [0.5, 0.6) is 0 Å². The zero-order valence-electron chi connectivity index (χ0n) is 14.6. The Morgan fingerprint density at radius 1 is 1.22 bits per heavy atom. The summed E-state index contributed by atoms with van der Waals surface area (Å²) in [6, 6.07) is 3.63. The van der Waals surface area contributed by atoms with Crippen LogP contribution >= 0.6 is 11.3 Å². The SMILES string of the molecule is O=C(CCCNC(=O)Nc1ncc(Cc2c(F)cccc2F)s1)NC1CC1. The molecule has 0 unspecified atom stereocenters. The molecule has 6 nitrogen and oxygen atoms in total. The summed E-state index contributed by atoms with van der Waals surface area (Å²) in [5.74, 6) is -1.22. The summed E-state index contributed by atoms with van der Waals surface area (Å²) >= 11 is 1.15. The average molecular weight is 394 g/mol. The van der Waals surface area contributed by atoms with Gasteiger partial charge in [-0.2, -0.15) is 0 Å². The Morgan fingerprint density at radius 2 is 1.96 bits per heavy atom. The molecule has 1 aromatic heterocycles. The largest absolute Gasteiger partial charge is 0.353 e. The number of anilines is 1. The van der Waals surface area contributed by atoms with Crippen molar-refractivity contribution >= 4 is 28.4 Å². The summed E-state index contributed by atoms with van der Waals surface area (Å²) in [7, 11) is 0. The van der Waals surface area contributed by atoms with Crippen molar-refractivity contribution < 1.29 is 18.4 Å². The van der Waals surface area contributed by atoms with Crippen LogP contribution in [0.3, 0.4) is 0 Å². The number of nitrogens with one attached hydrogen (secondary N) is 3. The molecule has 3 rings (SSSR count). The molecule has 0 aliphatic heterocycles. The van der Waals surface area contributed by atoms with Crippen molar-refractivity contribution in [1.82, 2.24) is 15.6 Å². The van der Waals surface area contributed by atoms with Gasteiger partial charge < -0.3 is 10.6 Å². The van der Waals surface area contributed by atoms with Gasteiger partial charge in [0.25, 0.3) is 0 Å². The lowest BCUT2D eigenvalue weighted by atomic mass is 10.1. The van der Waals surface area contributed by atoms with Gasteiger partial charge in [-0.25, -0.2) is 18.6 Å². The number of rotatable bonds is 8. The Balaban J connectivity index is 1.40. The van der Waals surface area contributed by atoms with E-state index < -0.39 is 17.7 Å². The van der Waals surface area contributed by atoms with Crippen molar-refractivity contribution in [2.45, 2.75) is 38.1 Å². The van der Waals surface area contributed by atoms with Gasteiger partial charge in [0.2, 0.25) is 5.91 Å². The van der Waals surface area contributed by atoms with Crippen molar-refractivity contribution in [3.63, 3.8) is 0 Å². The van der Waals surface area contributed by atoms with E-state index in [0.29, 0.717) is 35.4 Å². The van der Waals surface area contributed by atoms with Gasteiger partial charge in [-0.05, 0) is 31.4 Å². The molecular formula is C18H20F2N4O2S. The van der Waals surface area contributed by atoms with Gasteiger partial charge in [-0.15, -0.1) is 11.3 Å². The number of urea groups is 1. The molecule has 27 heavy (non-hydrogen) atoms. The second-order valence-electron chi connectivity index (χ2n) is 6.33. The Morgan fingerprint density at radius 3 is 2.67 bits per heavy atom. The van der Waals surface area contributed by atoms with Gasteiger partial charge in [0, 0.05) is 42.1 Å². The van der Waals surface area contributed by atoms with Crippen LogP contribution in [-0.2, 0) is 11.2 Å². The Hall–Kier alpha value is -2.55. The number of carbonyl (C=O) groups is 2. The third kappa shape index (κ3) is 5.99. The highest BCUT2D eigenvalue weighted by Crippen LogP contribution is 2.23. The molecule has 2 aromatic rings. The van der Waals surface area contributed by atoms with Crippen LogP contribution in [0.4, 0.5) is 18.7 Å². The van der Waals surface area contributed by atoms with Crippen molar-refractivity contribution in [2.75, 3.05) is 11.9 Å². The zero-order chi connectivity index (χ0) is 19.2. The van der Waals surface area contributed by atoms with Gasteiger partial charge in [0.15, 0.2) is 5.13 Å². The third-order valence-corrected chi connectivity index (χ3v) is 4.91. The second-order valence-corrected chi connectivity index (χ2v) is 7.45. The van der Waals surface area contributed by atoms with Gasteiger partial charge >= 0.3 is 6.03 Å². The smallest absolute Gasteiger partial charge is 0.321 e. The fraction of sp³-hybridized carbons (Fsp3) is 0.389. The van der Waals surface area contributed by atoms with Crippen LogP contribution in [0, 0.1) is 11.6 Å². The van der Waals surface area contributed by atoms with Gasteiger partial charge in [0.1, 0.15) is 11.6 Å². The van der Waals surface area contributed by atoms with Crippen LogP contribution in [0.15, 0.2) is 24.4 Å². The Bertz CT molecular complexity index is 803. The predicted octanol–water partition coefficient (Wildman–Crippen LogP) is 3.19. The number of amides is 3. The van der Waals surface area contributed by atoms with Crippen molar-refractivity contribution in [2.24, 2.45) is 0 Å². The molecule has 144 valence electrons. The molecule has 0 saturated heterocycles. The number of nitrogens with zero attached hydrogens (tertiary/aromatic N) is 1.